The molecule has 0 fully saturated rings. The number of hydrogen-bond donors (Lipinski definition) is 1. The fourth-order valence-electron chi connectivity index (χ4n) is 3.24. The van der Waals surface area contributed by atoms with Gasteiger partial charge >= 0.3 is 0 Å². The molecule has 0 radical (unpaired) electrons. The first-order chi connectivity index (χ1) is 15.1. The second kappa shape index (κ2) is 18.4. The predicted octanol–water partition coefficient (Wildman–Crippen LogP) is 8.60. The van der Waals surface area contributed by atoms with Gasteiger partial charge in [-0.15, -0.1) is 0 Å². The van der Waals surface area contributed by atoms with Crippen LogP contribution in [0, 0.1) is 0 Å². The molecule has 0 saturated heterocycles. The zero-order chi connectivity index (χ0) is 22.6. The lowest BCUT2D eigenvalue weighted by atomic mass is 10.0. The Hall–Kier alpha value is -1.23. The highest BCUT2D eigenvalue weighted by Gasteiger charge is 2.18. The number of ether oxygens (including phenoxy) is 2. The molecule has 1 rings (SSSR count). The van der Waals surface area contributed by atoms with Crippen LogP contribution in [0.4, 0.5) is 0 Å². The third-order valence-corrected chi connectivity index (χ3v) is 5.51. The van der Waals surface area contributed by atoms with Gasteiger partial charge in [-0.3, -0.25) is 0 Å². The molecule has 0 aliphatic carbocycles. The van der Waals surface area contributed by atoms with Crippen molar-refractivity contribution in [3.05, 3.63) is 54.1 Å². The molecule has 1 aromatic carbocycles. The third-order valence-electron chi connectivity index (χ3n) is 5.29. The van der Waals surface area contributed by atoms with Crippen LogP contribution in [0.15, 0.2) is 48.6 Å². The zero-order valence-electron chi connectivity index (χ0n) is 20.0. The Morgan fingerprint density at radius 3 is 2.45 bits per heavy atom. The molecule has 0 aliphatic rings. The van der Waals surface area contributed by atoms with E-state index in [-0.39, 0.29) is 11.5 Å². The van der Waals surface area contributed by atoms with Gasteiger partial charge < -0.3 is 14.0 Å². The molecule has 4 heteroatoms. The summed E-state index contributed by atoms with van der Waals surface area (Å²) in [6, 6.07) is 8.45. The lowest BCUT2D eigenvalue weighted by Gasteiger charge is -2.24. The molecule has 176 valence electrons. The highest BCUT2D eigenvalue weighted by Crippen LogP contribution is 2.20. The quantitative estimate of drug-likeness (QED) is 0.0995. The minimum absolute atomic E-state index is 0.287. The summed E-state index contributed by atoms with van der Waals surface area (Å²) in [6.07, 6.45) is 22.3. The second-order valence-electron chi connectivity index (χ2n) is 8.67. The molecule has 1 aromatic rings. The maximum absolute atomic E-state index is 8.81. The largest absolute Gasteiger partial charge is 0.493 e. The molecule has 0 aliphatic heterocycles. The Kier molecular flexibility index (Phi) is 16.5. The molecule has 0 atom stereocenters. The van der Waals surface area contributed by atoms with E-state index in [2.05, 4.69) is 49.4 Å². The van der Waals surface area contributed by atoms with Crippen LogP contribution >= 0.6 is 12.0 Å². The molecule has 0 bridgehead atoms. The Labute approximate surface area is 195 Å². The fourth-order valence-corrected chi connectivity index (χ4v) is 3.61. The number of rotatable bonds is 19. The van der Waals surface area contributed by atoms with E-state index < -0.39 is 0 Å². The first-order valence-corrected chi connectivity index (χ1v) is 12.9. The van der Waals surface area contributed by atoms with Gasteiger partial charge in [0, 0.05) is 18.5 Å². The molecule has 1 N–H and O–H groups in total. The average molecular weight is 449 g/mol. The van der Waals surface area contributed by atoms with E-state index in [4.69, 9.17) is 14.0 Å². The van der Waals surface area contributed by atoms with E-state index >= 15 is 0 Å². The van der Waals surface area contributed by atoms with Gasteiger partial charge in [0.2, 0.25) is 0 Å². The molecule has 0 saturated carbocycles. The average Bonchev–Trinajstić information content (AvgIpc) is 2.76. The van der Waals surface area contributed by atoms with Crippen molar-refractivity contribution in [3.63, 3.8) is 0 Å². The van der Waals surface area contributed by atoms with Crippen molar-refractivity contribution in [3.8, 4) is 5.75 Å². The van der Waals surface area contributed by atoms with Crippen LogP contribution in [0.3, 0.4) is 0 Å². The van der Waals surface area contributed by atoms with Gasteiger partial charge in [0.15, 0.2) is 0 Å². The van der Waals surface area contributed by atoms with Crippen molar-refractivity contribution in [1.82, 2.24) is 0 Å². The van der Waals surface area contributed by atoms with Crippen LogP contribution in [-0.2, 0) is 11.2 Å². The van der Waals surface area contributed by atoms with Crippen molar-refractivity contribution in [2.45, 2.75) is 97.0 Å². The number of aryl methyl sites for hydroxylation is 1. The standard InChI is InChI=1S/C27H44O3S/c1-4-5-6-7-8-9-10-11-12-13-14-15-16-18-25-19-17-20-26(23-25)29-22-21-27(2,3)30-24-31-28/h7-8,10-11,17,19-20,23,28H,4-6,9,12-16,18,21-22,24H2,1-3H3/b8-7+,11-10+. The first-order valence-electron chi connectivity index (χ1n) is 12.0. The SMILES string of the molecule is CCCC/C=C/C/C=C/CCCCCCc1cccc(OCCC(C)(C)OCSO)c1. The summed E-state index contributed by atoms with van der Waals surface area (Å²) in [7, 11) is 0. The minimum Gasteiger partial charge on any atom is -0.493 e. The van der Waals surface area contributed by atoms with Crippen LogP contribution in [-0.4, -0.2) is 22.7 Å². The van der Waals surface area contributed by atoms with E-state index in [0.717, 1.165) is 25.0 Å². The number of benzene rings is 1. The van der Waals surface area contributed by atoms with Crippen molar-refractivity contribution < 1.29 is 14.0 Å². The summed E-state index contributed by atoms with van der Waals surface area (Å²) < 4.78 is 20.3. The first kappa shape index (κ1) is 27.8. The molecule has 0 spiro atoms. The van der Waals surface area contributed by atoms with Gasteiger partial charge in [0.1, 0.15) is 11.7 Å². The monoisotopic (exact) mass is 448 g/mol. The van der Waals surface area contributed by atoms with Crippen molar-refractivity contribution >= 4 is 12.0 Å². The summed E-state index contributed by atoms with van der Waals surface area (Å²) in [6.45, 7) is 6.88. The van der Waals surface area contributed by atoms with Crippen molar-refractivity contribution in [2.75, 3.05) is 12.5 Å². The van der Waals surface area contributed by atoms with Crippen molar-refractivity contribution in [2.24, 2.45) is 0 Å². The lowest BCUT2D eigenvalue weighted by molar-refractivity contribution is -0.00509. The number of unbranched alkanes of at least 4 members (excludes halogenated alkanes) is 6. The highest BCUT2D eigenvalue weighted by atomic mass is 32.2. The van der Waals surface area contributed by atoms with Crippen LogP contribution < -0.4 is 4.74 Å². The molecule has 0 amide bonds. The van der Waals surface area contributed by atoms with Gasteiger partial charge in [-0.2, -0.15) is 0 Å². The zero-order valence-corrected chi connectivity index (χ0v) is 20.8. The Morgan fingerprint density at radius 1 is 0.968 bits per heavy atom. The third kappa shape index (κ3) is 16.1. The minimum atomic E-state index is -0.298. The summed E-state index contributed by atoms with van der Waals surface area (Å²) in [5, 5.41) is 0. The Morgan fingerprint density at radius 2 is 1.71 bits per heavy atom. The molecule has 3 nitrogen and oxygen atoms in total. The van der Waals surface area contributed by atoms with E-state index in [1.54, 1.807) is 0 Å². The molecule has 0 heterocycles. The molecular formula is C27H44O3S. The topological polar surface area (TPSA) is 38.7 Å². The van der Waals surface area contributed by atoms with E-state index in [9.17, 15) is 0 Å². The van der Waals surface area contributed by atoms with Crippen molar-refractivity contribution in [1.29, 1.82) is 0 Å². The molecule has 0 unspecified atom stereocenters. The van der Waals surface area contributed by atoms with Crippen LogP contribution in [0.25, 0.3) is 0 Å². The van der Waals surface area contributed by atoms with Crippen LogP contribution in [0.2, 0.25) is 0 Å². The Bertz CT molecular complexity index is 610. The van der Waals surface area contributed by atoms with E-state index in [1.165, 1.54) is 56.9 Å². The summed E-state index contributed by atoms with van der Waals surface area (Å²) >= 11 is 0.711. The normalized spacial score (nSPS) is 12.3. The van der Waals surface area contributed by atoms with Gasteiger partial charge in [0.25, 0.3) is 0 Å². The maximum atomic E-state index is 8.81. The number of hydrogen-bond acceptors (Lipinski definition) is 4. The molecular weight excluding hydrogens is 404 g/mol. The Balaban J connectivity index is 2.11. The highest BCUT2D eigenvalue weighted by molar-refractivity contribution is 7.93. The summed E-state index contributed by atoms with van der Waals surface area (Å²) in [5.41, 5.74) is 1.05. The van der Waals surface area contributed by atoms with Crippen LogP contribution in [0.1, 0.15) is 90.5 Å². The van der Waals surface area contributed by atoms with Gasteiger partial charge in [-0.25, -0.2) is 0 Å². The molecule has 31 heavy (non-hydrogen) atoms. The van der Waals surface area contributed by atoms with Gasteiger partial charge in [-0.1, -0.05) is 69.0 Å². The lowest BCUT2D eigenvalue weighted by Crippen LogP contribution is -2.26. The predicted molar refractivity (Wildman–Crippen MR) is 136 cm³/mol. The van der Waals surface area contributed by atoms with Gasteiger partial charge in [-0.05, 0) is 70.1 Å². The fraction of sp³-hybridized carbons (Fsp3) is 0.630. The second-order valence-corrected chi connectivity index (χ2v) is 9.16. The molecule has 0 aromatic heterocycles. The summed E-state index contributed by atoms with van der Waals surface area (Å²) in [4.78, 5) is 0. The van der Waals surface area contributed by atoms with Gasteiger partial charge in [0.05, 0.1) is 12.2 Å². The number of allylic oxidation sites excluding steroid dienone is 4. The van der Waals surface area contributed by atoms with E-state index in [1.807, 2.05) is 19.9 Å². The van der Waals surface area contributed by atoms with E-state index in [0.29, 0.717) is 18.6 Å². The summed E-state index contributed by atoms with van der Waals surface area (Å²) in [5.74, 6) is 1.22. The van der Waals surface area contributed by atoms with Crippen LogP contribution in [0.5, 0.6) is 5.75 Å². The maximum Gasteiger partial charge on any atom is 0.119 e. The smallest absolute Gasteiger partial charge is 0.119 e.